The predicted molar refractivity (Wildman–Crippen MR) is 98.8 cm³/mol. The lowest BCUT2D eigenvalue weighted by molar-refractivity contribution is -0.149. The summed E-state index contributed by atoms with van der Waals surface area (Å²) in [6.45, 7) is 0.150. The Hall–Kier alpha value is -2.43. The monoisotopic (exact) mass is 469 g/mol. The summed E-state index contributed by atoms with van der Waals surface area (Å²) in [6.07, 6.45) is -15.2. The van der Waals surface area contributed by atoms with Gasteiger partial charge in [-0.05, 0) is 36.6 Å². The van der Waals surface area contributed by atoms with Crippen molar-refractivity contribution in [3.05, 3.63) is 64.7 Å². The zero-order chi connectivity index (χ0) is 23.7. The van der Waals surface area contributed by atoms with Crippen LogP contribution in [0.5, 0.6) is 0 Å². The van der Waals surface area contributed by atoms with E-state index in [9.17, 15) is 39.5 Å². The van der Waals surface area contributed by atoms with Crippen LogP contribution in [-0.2, 0) is 25.1 Å². The first kappa shape index (κ1) is 24.2. The van der Waals surface area contributed by atoms with Crippen molar-refractivity contribution in [1.29, 1.82) is 0 Å². The van der Waals surface area contributed by atoms with Gasteiger partial charge in [0.1, 0.15) is 0 Å². The quantitative estimate of drug-likeness (QED) is 0.529. The molecule has 0 atom stereocenters. The fourth-order valence-electron chi connectivity index (χ4n) is 3.68. The van der Waals surface area contributed by atoms with Gasteiger partial charge >= 0.3 is 18.5 Å². The first-order valence-electron chi connectivity index (χ1n) is 9.60. The Bertz CT molecular complexity index is 875. The van der Waals surface area contributed by atoms with Gasteiger partial charge in [-0.25, -0.2) is 0 Å². The Labute approximate surface area is 178 Å². The van der Waals surface area contributed by atoms with E-state index in [0.29, 0.717) is 25.9 Å². The minimum atomic E-state index is -5.38. The average molecular weight is 469 g/mol. The van der Waals surface area contributed by atoms with Gasteiger partial charge in [0.05, 0.1) is 16.7 Å². The van der Waals surface area contributed by atoms with Crippen LogP contribution in [-0.4, -0.2) is 19.1 Å². The van der Waals surface area contributed by atoms with Crippen LogP contribution in [0.2, 0.25) is 0 Å². The van der Waals surface area contributed by atoms with Crippen molar-refractivity contribution in [2.24, 2.45) is 0 Å². The van der Waals surface area contributed by atoms with E-state index < -0.39 is 47.3 Å². The summed E-state index contributed by atoms with van der Waals surface area (Å²) >= 11 is 0. The molecule has 1 radical (unpaired) electrons. The van der Waals surface area contributed by atoms with Gasteiger partial charge in [-0.2, -0.15) is 39.5 Å². The van der Waals surface area contributed by atoms with Crippen molar-refractivity contribution < 1.29 is 39.5 Å². The van der Waals surface area contributed by atoms with Crippen molar-refractivity contribution in [3.8, 4) is 0 Å². The maximum Gasteiger partial charge on any atom is 0.416 e. The standard InChI is InChI=1S/C21H18F9N2/c22-19(23,24)13-10-17(20(25,26)27)16(18(11-13)21(28,29)30)12-31-14-6-8-32(9-7-14)15-4-2-1-3-5-15/h1-4,10-11,14,31H,6-9,12H2. The summed E-state index contributed by atoms with van der Waals surface area (Å²) in [5, 5.41) is 2.67. The maximum atomic E-state index is 13.4. The van der Waals surface area contributed by atoms with Crippen LogP contribution in [0.15, 0.2) is 36.4 Å². The van der Waals surface area contributed by atoms with Crippen LogP contribution in [0, 0.1) is 6.07 Å². The van der Waals surface area contributed by atoms with E-state index >= 15 is 0 Å². The first-order chi connectivity index (χ1) is 14.8. The second-order valence-corrected chi connectivity index (χ2v) is 7.43. The van der Waals surface area contributed by atoms with E-state index in [1.54, 1.807) is 12.1 Å². The summed E-state index contributed by atoms with van der Waals surface area (Å²) in [5.74, 6) is 0. The number of hydrogen-bond donors (Lipinski definition) is 1. The molecule has 2 aromatic carbocycles. The molecular weight excluding hydrogens is 451 g/mol. The number of anilines is 1. The second kappa shape index (κ2) is 8.84. The van der Waals surface area contributed by atoms with Crippen molar-refractivity contribution in [2.45, 2.75) is 44.0 Å². The number of hydrogen-bond acceptors (Lipinski definition) is 2. The molecule has 0 aromatic heterocycles. The molecule has 0 aliphatic carbocycles. The molecule has 1 aliphatic rings. The van der Waals surface area contributed by atoms with Crippen molar-refractivity contribution in [2.75, 3.05) is 18.0 Å². The highest BCUT2D eigenvalue weighted by molar-refractivity contribution is 5.45. The lowest BCUT2D eigenvalue weighted by atomic mass is 9.95. The Morgan fingerprint density at radius 2 is 1.41 bits per heavy atom. The van der Waals surface area contributed by atoms with Crippen molar-refractivity contribution >= 4 is 5.69 Å². The Balaban J connectivity index is 1.83. The van der Waals surface area contributed by atoms with Gasteiger partial charge in [-0.15, -0.1) is 0 Å². The predicted octanol–water partition coefficient (Wildman–Crippen LogP) is 6.30. The van der Waals surface area contributed by atoms with Gasteiger partial charge in [-0.3, -0.25) is 0 Å². The molecule has 0 bridgehead atoms. The lowest BCUT2D eigenvalue weighted by Crippen LogP contribution is -2.42. The van der Waals surface area contributed by atoms with Gasteiger partial charge in [-0.1, -0.05) is 18.2 Å². The highest BCUT2D eigenvalue weighted by Crippen LogP contribution is 2.43. The number of nitrogens with one attached hydrogen (secondary N) is 1. The molecule has 1 heterocycles. The molecule has 1 saturated heterocycles. The zero-order valence-corrected chi connectivity index (χ0v) is 16.4. The van der Waals surface area contributed by atoms with Crippen LogP contribution in [0.4, 0.5) is 45.2 Å². The molecule has 1 aliphatic heterocycles. The maximum absolute atomic E-state index is 13.4. The zero-order valence-electron chi connectivity index (χ0n) is 16.4. The van der Waals surface area contributed by atoms with E-state index in [1.165, 1.54) is 0 Å². The number of para-hydroxylation sites is 1. The van der Waals surface area contributed by atoms with Gasteiger partial charge < -0.3 is 10.2 Å². The molecule has 0 spiro atoms. The van der Waals surface area contributed by atoms with Crippen LogP contribution < -0.4 is 10.2 Å². The molecule has 175 valence electrons. The number of nitrogens with zero attached hydrogens (tertiary/aromatic N) is 1. The van der Waals surface area contributed by atoms with Crippen LogP contribution in [0.1, 0.15) is 35.1 Å². The van der Waals surface area contributed by atoms with E-state index in [2.05, 4.69) is 11.4 Å². The Morgan fingerprint density at radius 1 is 0.844 bits per heavy atom. The van der Waals surface area contributed by atoms with Gasteiger partial charge in [0, 0.05) is 37.4 Å². The molecule has 1 N–H and O–H groups in total. The Kier molecular flexibility index (Phi) is 6.69. The number of halogens is 9. The number of rotatable bonds is 4. The van der Waals surface area contributed by atoms with Crippen LogP contribution in [0.3, 0.4) is 0 Å². The van der Waals surface area contributed by atoms with E-state index in [-0.39, 0.29) is 18.2 Å². The Morgan fingerprint density at radius 3 is 1.84 bits per heavy atom. The molecule has 1 fully saturated rings. The number of alkyl halides is 9. The molecule has 0 amide bonds. The SMILES string of the molecule is FC(F)(F)c1cc(C(F)(F)F)c(CNC2CCN(c3[c]cccc3)CC2)c(C(F)(F)F)c1. The summed E-state index contributed by atoms with van der Waals surface area (Å²) in [5.41, 5.74) is -6.29. The molecular formula is C21H18F9N2. The van der Waals surface area contributed by atoms with Gasteiger partial charge in [0.15, 0.2) is 0 Å². The fraction of sp³-hybridized carbons (Fsp3) is 0.429. The smallest absolute Gasteiger partial charge is 0.371 e. The third kappa shape index (κ3) is 5.67. The molecule has 0 saturated carbocycles. The van der Waals surface area contributed by atoms with Crippen LogP contribution >= 0.6 is 0 Å². The van der Waals surface area contributed by atoms with Crippen molar-refractivity contribution in [1.82, 2.24) is 5.32 Å². The second-order valence-electron chi connectivity index (χ2n) is 7.43. The highest BCUT2D eigenvalue weighted by Gasteiger charge is 2.44. The molecule has 11 heteroatoms. The molecule has 32 heavy (non-hydrogen) atoms. The van der Waals surface area contributed by atoms with Gasteiger partial charge in [0.2, 0.25) is 0 Å². The lowest BCUT2D eigenvalue weighted by Gasteiger charge is -2.34. The van der Waals surface area contributed by atoms with Crippen molar-refractivity contribution in [3.63, 3.8) is 0 Å². The molecule has 3 rings (SSSR count). The summed E-state index contributed by atoms with van der Waals surface area (Å²) in [6, 6.07) is 9.29. The third-order valence-electron chi connectivity index (χ3n) is 5.28. The third-order valence-corrected chi connectivity index (χ3v) is 5.28. The topological polar surface area (TPSA) is 15.3 Å². The summed E-state index contributed by atoms with van der Waals surface area (Å²) < 4.78 is 119. The number of piperidine rings is 1. The molecule has 2 aromatic rings. The van der Waals surface area contributed by atoms with E-state index in [4.69, 9.17) is 0 Å². The van der Waals surface area contributed by atoms with E-state index in [1.807, 2.05) is 17.0 Å². The summed E-state index contributed by atoms with van der Waals surface area (Å²) in [4.78, 5) is 1.98. The molecule has 2 nitrogen and oxygen atoms in total. The minimum absolute atomic E-state index is 0.264. The molecule has 0 unspecified atom stereocenters. The average Bonchev–Trinajstić information content (AvgIpc) is 2.70. The van der Waals surface area contributed by atoms with Gasteiger partial charge in [0.25, 0.3) is 0 Å². The normalized spacial score (nSPS) is 16.5. The first-order valence-corrected chi connectivity index (χ1v) is 9.60. The highest BCUT2D eigenvalue weighted by atomic mass is 19.4. The fourth-order valence-corrected chi connectivity index (χ4v) is 3.68. The van der Waals surface area contributed by atoms with Crippen LogP contribution in [0.25, 0.3) is 0 Å². The minimum Gasteiger partial charge on any atom is -0.371 e. The summed E-state index contributed by atoms with van der Waals surface area (Å²) in [7, 11) is 0. The van der Waals surface area contributed by atoms with E-state index in [0.717, 1.165) is 5.69 Å². The largest absolute Gasteiger partial charge is 0.416 e. The number of benzene rings is 2.